The van der Waals surface area contributed by atoms with E-state index in [0.717, 1.165) is 39.4 Å². The molecule has 1 amide bonds. The highest BCUT2D eigenvalue weighted by molar-refractivity contribution is 6.30. The van der Waals surface area contributed by atoms with E-state index in [0.29, 0.717) is 24.5 Å². The van der Waals surface area contributed by atoms with Crippen LogP contribution in [0.2, 0.25) is 5.02 Å². The molecule has 0 spiro atoms. The maximum atomic E-state index is 12.9. The van der Waals surface area contributed by atoms with Crippen LogP contribution in [-0.2, 0) is 11.3 Å². The molecule has 0 aliphatic carbocycles. The van der Waals surface area contributed by atoms with Crippen molar-refractivity contribution in [1.29, 1.82) is 0 Å². The number of para-hydroxylation sites is 2. The molecule has 1 aromatic heterocycles. The largest absolute Gasteiger partial charge is 0.491 e. The molecular formula is C28H28ClN3O3. The van der Waals surface area contributed by atoms with Crippen LogP contribution in [0.3, 0.4) is 0 Å². The van der Waals surface area contributed by atoms with Gasteiger partial charge in [0.1, 0.15) is 24.3 Å². The maximum Gasteiger partial charge on any atom is 0.227 e. The van der Waals surface area contributed by atoms with Gasteiger partial charge in [0.25, 0.3) is 0 Å². The van der Waals surface area contributed by atoms with Gasteiger partial charge in [-0.3, -0.25) is 4.79 Å². The summed E-state index contributed by atoms with van der Waals surface area (Å²) in [6.07, 6.45) is -0.377. The standard InChI is InChI=1S/C28H28ClN3O3/c1-18-11-19(2)13-24(12-18)35-17-23(33)16-32-26-6-4-3-5-25(26)30-28(32)20-14-27(34)31(15-20)22-9-7-21(29)8-10-22/h3-13,20,23,33H,14-17H2,1-2H3/t20-,23+/m0/s1. The quantitative estimate of drug-likeness (QED) is 0.384. The molecule has 4 aromatic rings. The SMILES string of the molecule is Cc1cc(C)cc(OC[C@H](O)Cn2c([C@H]3CC(=O)N(c4ccc(Cl)cc4)C3)nc3ccccc32)c1. The third-order valence-electron chi connectivity index (χ3n) is 6.34. The van der Waals surface area contributed by atoms with E-state index in [1.54, 1.807) is 17.0 Å². The van der Waals surface area contributed by atoms with Gasteiger partial charge >= 0.3 is 0 Å². The summed E-state index contributed by atoms with van der Waals surface area (Å²) in [6.45, 7) is 5.06. The lowest BCUT2D eigenvalue weighted by molar-refractivity contribution is -0.117. The van der Waals surface area contributed by atoms with Crippen molar-refractivity contribution >= 4 is 34.2 Å². The second-order valence-corrected chi connectivity index (χ2v) is 9.68. The Morgan fingerprint density at radius 1 is 1.09 bits per heavy atom. The van der Waals surface area contributed by atoms with Crippen molar-refractivity contribution < 1.29 is 14.6 Å². The highest BCUT2D eigenvalue weighted by Crippen LogP contribution is 2.33. The van der Waals surface area contributed by atoms with E-state index in [4.69, 9.17) is 21.3 Å². The molecular weight excluding hydrogens is 462 g/mol. The minimum absolute atomic E-state index is 0.0506. The minimum Gasteiger partial charge on any atom is -0.491 e. The average Bonchev–Trinajstić information content (AvgIpc) is 3.38. The number of aliphatic hydroxyl groups is 1. The Hall–Kier alpha value is -3.35. The Morgan fingerprint density at radius 2 is 1.80 bits per heavy atom. The molecule has 0 bridgehead atoms. The van der Waals surface area contributed by atoms with Gasteiger partial charge in [-0.1, -0.05) is 29.8 Å². The molecule has 6 nitrogen and oxygen atoms in total. The van der Waals surface area contributed by atoms with E-state index < -0.39 is 6.10 Å². The molecule has 0 saturated carbocycles. The van der Waals surface area contributed by atoms with E-state index in [9.17, 15) is 9.90 Å². The number of aryl methyl sites for hydroxylation is 2. The topological polar surface area (TPSA) is 67.6 Å². The Labute approximate surface area is 209 Å². The number of carbonyl (C=O) groups is 1. The zero-order valence-corrected chi connectivity index (χ0v) is 20.6. The smallest absolute Gasteiger partial charge is 0.227 e. The van der Waals surface area contributed by atoms with E-state index in [1.165, 1.54) is 0 Å². The molecule has 35 heavy (non-hydrogen) atoms. The highest BCUT2D eigenvalue weighted by Gasteiger charge is 2.35. The van der Waals surface area contributed by atoms with Crippen LogP contribution in [0.25, 0.3) is 11.0 Å². The molecule has 7 heteroatoms. The fraction of sp³-hybridized carbons (Fsp3) is 0.286. The number of rotatable bonds is 7. The van der Waals surface area contributed by atoms with Gasteiger partial charge in [0.05, 0.1) is 17.6 Å². The summed E-state index contributed by atoms with van der Waals surface area (Å²) < 4.78 is 7.94. The zero-order valence-electron chi connectivity index (χ0n) is 19.8. The van der Waals surface area contributed by atoms with E-state index in [-0.39, 0.29) is 18.4 Å². The summed E-state index contributed by atoms with van der Waals surface area (Å²) in [7, 11) is 0. The van der Waals surface area contributed by atoms with Gasteiger partial charge in [-0.25, -0.2) is 4.98 Å². The first-order chi connectivity index (χ1) is 16.9. The van der Waals surface area contributed by atoms with Crippen LogP contribution in [0.1, 0.15) is 29.3 Å². The molecule has 2 heterocycles. The van der Waals surface area contributed by atoms with Crippen molar-refractivity contribution in [3.63, 3.8) is 0 Å². The Kier molecular flexibility index (Phi) is 6.50. The number of imidazole rings is 1. The summed E-state index contributed by atoms with van der Waals surface area (Å²) in [5.74, 6) is 1.52. The molecule has 180 valence electrons. The van der Waals surface area contributed by atoms with Gasteiger partial charge in [-0.15, -0.1) is 0 Å². The maximum absolute atomic E-state index is 12.9. The number of carbonyl (C=O) groups excluding carboxylic acids is 1. The molecule has 5 rings (SSSR count). The number of halogens is 1. The second-order valence-electron chi connectivity index (χ2n) is 9.24. The predicted molar refractivity (Wildman–Crippen MR) is 138 cm³/mol. The molecule has 0 unspecified atom stereocenters. The van der Waals surface area contributed by atoms with Crippen molar-refractivity contribution in [1.82, 2.24) is 9.55 Å². The highest BCUT2D eigenvalue weighted by atomic mass is 35.5. The summed E-state index contributed by atoms with van der Waals surface area (Å²) in [4.78, 5) is 19.6. The fourth-order valence-corrected chi connectivity index (χ4v) is 4.95. The lowest BCUT2D eigenvalue weighted by Crippen LogP contribution is -2.26. The molecule has 1 aliphatic rings. The second kappa shape index (κ2) is 9.72. The molecule has 1 N–H and O–H groups in total. The molecule has 1 saturated heterocycles. The van der Waals surface area contributed by atoms with Gasteiger partial charge in [-0.2, -0.15) is 0 Å². The molecule has 0 radical (unpaired) electrons. The monoisotopic (exact) mass is 489 g/mol. The number of aliphatic hydroxyl groups excluding tert-OH is 1. The van der Waals surface area contributed by atoms with Gasteiger partial charge in [0.15, 0.2) is 0 Å². The van der Waals surface area contributed by atoms with Crippen molar-refractivity contribution in [3.05, 3.63) is 88.7 Å². The summed E-state index contributed by atoms with van der Waals surface area (Å²) in [6, 6.07) is 21.2. The van der Waals surface area contributed by atoms with Gasteiger partial charge in [-0.05, 0) is 73.5 Å². The average molecular weight is 490 g/mol. The molecule has 2 atom stereocenters. The van der Waals surface area contributed by atoms with E-state index in [1.807, 2.05) is 66.9 Å². The molecule has 3 aromatic carbocycles. The van der Waals surface area contributed by atoms with Crippen molar-refractivity contribution in [3.8, 4) is 5.75 Å². The van der Waals surface area contributed by atoms with Crippen LogP contribution >= 0.6 is 11.6 Å². The summed E-state index contributed by atoms with van der Waals surface area (Å²) in [5.41, 5.74) is 4.85. The lowest BCUT2D eigenvalue weighted by Gasteiger charge is -2.19. The summed E-state index contributed by atoms with van der Waals surface area (Å²) in [5, 5.41) is 11.5. The van der Waals surface area contributed by atoms with Crippen LogP contribution in [-0.4, -0.2) is 39.8 Å². The Balaban J connectivity index is 1.37. The van der Waals surface area contributed by atoms with Gasteiger partial charge < -0.3 is 19.3 Å². The molecule has 1 fully saturated rings. The first kappa shape index (κ1) is 23.4. The molecule has 1 aliphatic heterocycles. The third kappa shape index (κ3) is 5.04. The summed E-state index contributed by atoms with van der Waals surface area (Å²) >= 11 is 6.02. The van der Waals surface area contributed by atoms with Crippen molar-refractivity contribution in [2.75, 3.05) is 18.1 Å². The zero-order chi connectivity index (χ0) is 24.5. The Morgan fingerprint density at radius 3 is 2.54 bits per heavy atom. The van der Waals surface area contributed by atoms with Crippen LogP contribution in [0.15, 0.2) is 66.7 Å². The number of hydrogen-bond acceptors (Lipinski definition) is 4. The normalized spacial score (nSPS) is 16.7. The van der Waals surface area contributed by atoms with Gasteiger partial charge in [0.2, 0.25) is 5.91 Å². The first-order valence-corrected chi connectivity index (χ1v) is 12.2. The van der Waals surface area contributed by atoms with Gasteiger partial charge in [0, 0.05) is 29.6 Å². The minimum atomic E-state index is -0.739. The number of ether oxygens (including phenoxy) is 1. The lowest BCUT2D eigenvalue weighted by atomic mass is 10.1. The number of nitrogens with zero attached hydrogens (tertiary/aromatic N) is 3. The van der Waals surface area contributed by atoms with Crippen LogP contribution < -0.4 is 9.64 Å². The van der Waals surface area contributed by atoms with Crippen LogP contribution in [0.5, 0.6) is 5.75 Å². The Bertz CT molecular complexity index is 1350. The van der Waals surface area contributed by atoms with E-state index in [2.05, 4.69) is 6.07 Å². The predicted octanol–water partition coefficient (Wildman–Crippen LogP) is 5.27. The number of hydrogen-bond donors (Lipinski definition) is 1. The van der Waals surface area contributed by atoms with Crippen LogP contribution in [0, 0.1) is 13.8 Å². The number of anilines is 1. The first-order valence-electron chi connectivity index (χ1n) is 11.8. The number of aromatic nitrogens is 2. The third-order valence-corrected chi connectivity index (χ3v) is 6.60. The number of fused-ring (bicyclic) bond motifs is 1. The van der Waals surface area contributed by atoms with Crippen LogP contribution in [0.4, 0.5) is 5.69 Å². The number of benzene rings is 3. The van der Waals surface area contributed by atoms with E-state index >= 15 is 0 Å². The van der Waals surface area contributed by atoms with Crippen molar-refractivity contribution in [2.45, 2.75) is 38.8 Å². The number of amides is 1. The van der Waals surface area contributed by atoms with Crippen molar-refractivity contribution in [2.24, 2.45) is 0 Å². The fourth-order valence-electron chi connectivity index (χ4n) is 4.82.